The third-order valence-electron chi connectivity index (χ3n) is 6.05. The van der Waals surface area contributed by atoms with E-state index in [9.17, 15) is 9.59 Å². The summed E-state index contributed by atoms with van der Waals surface area (Å²) >= 11 is 3.48. The highest BCUT2D eigenvalue weighted by molar-refractivity contribution is 9.10. The highest BCUT2D eigenvalue weighted by atomic mass is 79.9. The number of fused-ring (bicyclic) bond motifs is 1. The number of benzene rings is 2. The number of carbonyl (C=O) groups is 1. The van der Waals surface area contributed by atoms with Gasteiger partial charge in [-0.2, -0.15) is 0 Å². The Morgan fingerprint density at radius 3 is 2.38 bits per heavy atom. The number of unbranched alkanes of at least 4 members (excludes halogenated alkanes) is 2. The minimum absolute atomic E-state index is 0.118. The molecule has 0 aliphatic heterocycles. The Balaban J connectivity index is 2.18. The smallest absolute Gasteiger partial charge is 0.266 e. The van der Waals surface area contributed by atoms with Gasteiger partial charge in [-0.1, -0.05) is 54.8 Å². The highest BCUT2D eigenvalue weighted by Crippen LogP contribution is 2.27. The molecule has 0 saturated heterocycles. The summed E-state index contributed by atoms with van der Waals surface area (Å²) in [5.74, 6) is 0.725. The van der Waals surface area contributed by atoms with E-state index in [1.54, 1.807) is 4.57 Å². The SMILES string of the molecule is CCCCCC(=O)N(CCN(C)C)C(CC)c1nc2ccccc2c(=O)n1-c1ccc(Br)cc1. The van der Waals surface area contributed by atoms with Crippen LogP contribution in [0, 0.1) is 0 Å². The lowest BCUT2D eigenvalue weighted by atomic mass is 10.1. The molecule has 1 amide bonds. The number of hydrogen-bond donors (Lipinski definition) is 0. The summed E-state index contributed by atoms with van der Waals surface area (Å²) in [6, 6.07) is 14.8. The minimum atomic E-state index is -0.310. The first kappa shape index (κ1) is 26.1. The van der Waals surface area contributed by atoms with Crippen LogP contribution >= 0.6 is 15.9 Å². The van der Waals surface area contributed by atoms with Crippen molar-refractivity contribution in [3.8, 4) is 5.69 Å². The molecule has 0 saturated carbocycles. The van der Waals surface area contributed by atoms with Crippen LogP contribution in [0.5, 0.6) is 0 Å². The predicted molar refractivity (Wildman–Crippen MR) is 142 cm³/mol. The average Bonchev–Trinajstić information content (AvgIpc) is 2.82. The molecule has 0 bridgehead atoms. The molecule has 0 aliphatic rings. The largest absolute Gasteiger partial charge is 0.331 e. The van der Waals surface area contributed by atoms with E-state index < -0.39 is 0 Å². The first-order valence-electron chi connectivity index (χ1n) is 12.1. The van der Waals surface area contributed by atoms with Crippen molar-refractivity contribution in [2.45, 2.75) is 52.0 Å². The molecule has 0 radical (unpaired) electrons. The zero-order chi connectivity index (χ0) is 24.7. The maximum atomic E-state index is 13.7. The van der Waals surface area contributed by atoms with Crippen molar-refractivity contribution >= 4 is 32.7 Å². The molecule has 1 heterocycles. The van der Waals surface area contributed by atoms with Gasteiger partial charge in [0.2, 0.25) is 5.91 Å². The fourth-order valence-electron chi connectivity index (χ4n) is 4.19. The fraction of sp³-hybridized carbons (Fsp3) is 0.444. The van der Waals surface area contributed by atoms with Gasteiger partial charge in [-0.05, 0) is 63.3 Å². The van der Waals surface area contributed by atoms with Crippen molar-refractivity contribution in [3.05, 3.63) is 69.2 Å². The van der Waals surface area contributed by atoms with Crippen molar-refractivity contribution in [2.24, 2.45) is 0 Å². The molecule has 3 aromatic rings. The van der Waals surface area contributed by atoms with Gasteiger partial charge in [0, 0.05) is 24.0 Å². The fourth-order valence-corrected chi connectivity index (χ4v) is 4.45. The van der Waals surface area contributed by atoms with Gasteiger partial charge in [0.05, 0.1) is 22.6 Å². The number of halogens is 1. The van der Waals surface area contributed by atoms with Crippen LogP contribution in [0.2, 0.25) is 0 Å². The van der Waals surface area contributed by atoms with E-state index in [-0.39, 0.29) is 17.5 Å². The van der Waals surface area contributed by atoms with E-state index in [1.165, 1.54) is 0 Å². The van der Waals surface area contributed by atoms with Crippen LogP contribution in [0.1, 0.15) is 57.8 Å². The lowest BCUT2D eigenvalue weighted by molar-refractivity contribution is -0.134. The van der Waals surface area contributed by atoms with Crippen LogP contribution in [0.3, 0.4) is 0 Å². The second-order valence-corrected chi connectivity index (χ2v) is 9.79. The number of carbonyl (C=O) groups excluding carboxylic acids is 1. The topological polar surface area (TPSA) is 58.4 Å². The van der Waals surface area contributed by atoms with Crippen LogP contribution < -0.4 is 5.56 Å². The molecule has 3 rings (SSSR count). The first-order valence-corrected chi connectivity index (χ1v) is 12.9. The highest BCUT2D eigenvalue weighted by Gasteiger charge is 2.28. The van der Waals surface area contributed by atoms with Gasteiger partial charge in [0.1, 0.15) is 5.82 Å². The predicted octanol–water partition coefficient (Wildman–Crippen LogP) is 5.57. The number of rotatable bonds is 11. The molecule has 182 valence electrons. The number of aromatic nitrogens is 2. The number of amides is 1. The van der Waals surface area contributed by atoms with E-state index in [4.69, 9.17) is 4.98 Å². The summed E-state index contributed by atoms with van der Waals surface area (Å²) in [4.78, 5) is 36.1. The van der Waals surface area contributed by atoms with Gasteiger partial charge in [-0.3, -0.25) is 14.2 Å². The molecule has 2 aromatic carbocycles. The molecule has 0 spiro atoms. The van der Waals surface area contributed by atoms with Crippen molar-refractivity contribution in [1.82, 2.24) is 19.4 Å². The second kappa shape index (κ2) is 12.3. The second-order valence-electron chi connectivity index (χ2n) is 8.88. The number of hydrogen-bond acceptors (Lipinski definition) is 4. The summed E-state index contributed by atoms with van der Waals surface area (Å²) in [5, 5.41) is 0.568. The van der Waals surface area contributed by atoms with Gasteiger partial charge in [-0.25, -0.2) is 4.98 Å². The molecule has 6 nitrogen and oxygen atoms in total. The summed E-state index contributed by atoms with van der Waals surface area (Å²) in [7, 11) is 4.01. The maximum Gasteiger partial charge on any atom is 0.266 e. The third kappa shape index (κ3) is 6.13. The molecular weight excluding hydrogens is 492 g/mol. The summed E-state index contributed by atoms with van der Waals surface area (Å²) in [5.41, 5.74) is 1.28. The van der Waals surface area contributed by atoms with Crippen molar-refractivity contribution in [1.29, 1.82) is 0 Å². The van der Waals surface area contributed by atoms with Crippen LogP contribution in [-0.2, 0) is 4.79 Å². The monoisotopic (exact) mass is 526 g/mol. The summed E-state index contributed by atoms with van der Waals surface area (Å²) in [6.07, 6.45) is 4.14. The Morgan fingerprint density at radius 1 is 1.03 bits per heavy atom. The first-order chi connectivity index (χ1) is 16.4. The van der Waals surface area contributed by atoms with E-state index in [0.29, 0.717) is 36.1 Å². The molecular formula is C27H35BrN4O2. The van der Waals surface area contributed by atoms with E-state index in [1.807, 2.05) is 67.5 Å². The lowest BCUT2D eigenvalue weighted by Crippen LogP contribution is -2.41. The van der Waals surface area contributed by atoms with Gasteiger partial charge in [-0.15, -0.1) is 0 Å². The lowest BCUT2D eigenvalue weighted by Gasteiger charge is -2.33. The molecule has 1 atom stereocenters. The van der Waals surface area contributed by atoms with Gasteiger partial charge in [0.15, 0.2) is 0 Å². The van der Waals surface area contributed by atoms with Crippen LogP contribution in [0.25, 0.3) is 16.6 Å². The van der Waals surface area contributed by atoms with Crippen molar-refractivity contribution in [2.75, 3.05) is 27.2 Å². The van der Waals surface area contributed by atoms with Crippen molar-refractivity contribution < 1.29 is 4.79 Å². The van der Waals surface area contributed by atoms with E-state index in [0.717, 1.165) is 36.0 Å². The molecule has 1 unspecified atom stereocenters. The van der Waals surface area contributed by atoms with Gasteiger partial charge < -0.3 is 9.80 Å². The molecule has 0 N–H and O–H groups in total. The normalized spacial score (nSPS) is 12.3. The zero-order valence-corrected chi connectivity index (χ0v) is 22.2. The van der Waals surface area contributed by atoms with Crippen LogP contribution in [0.4, 0.5) is 0 Å². The molecule has 0 aliphatic carbocycles. The Bertz CT molecular complexity index is 1160. The number of para-hydroxylation sites is 1. The third-order valence-corrected chi connectivity index (χ3v) is 6.58. The Kier molecular flexibility index (Phi) is 9.42. The quantitative estimate of drug-likeness (QED) is 0.306. The molecule has 34 heavy (non-hydrogen) atoms. The van der Waals surface area contributed by atoms with E-state index >= 15 is 0 Å². The zero-order valence-electron chi connectivity index (χ0n) is 20.6. The van der Waals surface area contributed by atoms with Gasteiger partial charge >= 0.3 is 0 Å². The minimum Gasteiger partial charge on any atom is -0.331 e. The Morgan fingerprint density at radius 2 is 1.74 bits per heavy atom. The van der Waals surface area contributed by atoms with Crippen LogP contribution in [0.15, 0.2) is 57.8 Å². The van der Waals surface area contributed by atoms with Gasteiger partial charge in [0.25, 0.3) is 5.56 Å². The summed E-state index contributed by atoms with van der Waals surface area (Å²) in [6.45, 7) is 5.52. The average molecular weight is 528 g/mol. The Labute approximate surface area is 210 Å². The Hall–Kier alpha value is -2.51. The van der Waals surface area contributed by atoms with Crippen LogP contribution in [-0.4, -0.2) is 52.4 Å². The standard InChI is InChI=1S/C27H35BrN4O2/c1-5-7-8-13-25(33)31(19-18-30(3)4)24(6-2)26-29-23-12-10-9-11-22(23)27(34)32(26)21-16-14-20(28)15-17-21/h9-12,14-17,24H,5-8,13,18-19H2,1-4H3. The van der Waals surface area contributed by atoms with E-state index in [2.05, 4.69) is 34.7 Å². The maximum absolute atomic E-state index is 13.7. The molecule has 7 heteroatoms. The number of nitrogens with zero attached hydrogens (tertiary/aromatic N) is 4. The molecule has 0 fully saturated rings. The van der Waals surface area contributed by atoms with Crippen molar-refractivity contribution in [3.63, 3.8) is 0 Å². The number of likely N-dealkylation sites (N-methyl/N-ethyl adjacent to an activating group) is 1. The molecule has 1 aromatic heterocycles. The summed E-state index contributed by atoms with van der Waals surface area (Å²) < 4.78 is 2.62.